The van der Waals surface area contributed by atoms with Crippen LogP contribution in [0.25, 0.3) is 0 Å². The van der Waals surface area contributed by atoms with Crippen molar-refractivity contribution < 1.29 is 13.9 Å². The van der Waals surface area contributed by atoms with Gasteiger partial charge in [0.15, 0.2) is 0 Å². The summed E-state index contributed by atoms with van der Waals surface area (Å²) >= 11 is 0. The van der Waals surface area contributed by atoms with E-state index in [9.17, 15) is 13.9 Å². The van der Waals surface area contributed by atoms with Crippen LogP contribution in [-0.4, -0.2) is 23.1 Å². The largest absolute Gasteiger partial charge is 0.393 e. The minimum absolute atomic E-state index is 0.173. The van der Waals surface area contributed by atoms with Gasteiger partial charge in [0.1, 0.15) is 11.8 Å². The number of aliphatic hydroxyl groups excluding tert-OH is 1. The molecule has 0 aromatic carbocycles. The minimum Gasteiger partial charge on any atom is -0.393 e. The fourth-order valence-corrected chi connectivity index (χ4v) is 6.69. The quantitative estimate of drug-likeness (QED) is 0.467. The molecule has 3 rings (SSSR count). The molecule has 3 heteroatoms. The molecule has 0 saturated heterocycles. The van der Waals surface area contributed by atoms with Crippen molar-refractivity contribution in [1.29, 1.82) is 0 Å². The summed E-state index contributed by atoms with van der Waals surface area (Å²) in [5.41, 5.74) is 2.17. The highest BCUT2D eigenvalue weighted by atomic mass is 19.1. The average molecular weight is 421 g/mol. The number of alkyl halides is 2. The second-order valence-corrected chi connectivity index (χ2v) is 11.2. The average Bonchev–Trinajstić information content (AvgIpc) is 3.00. The fourth-order valence-electron chi connectivity index (χ4n) is 6.69. The zero-order valence-electron chi connectivity index (χ0n) is 19.5. The predicted molar refractivity (Wildman–Crippen MR) is 122 cm³/mol. The summed E-state index contributed by atoms with van der Waals surface area (Å²) in [7, 11) is 0. The highest BCUT2D eigenvalue weighted by Gasteiger charge is 2.50. The van der Waals surface area contributed by atoms with Gasteiger partial charge >= 0.3 is 0 Å². The Morgan fingerprint density at radius 3 is 2.73 bits per heavy atom. The van der Waals surface area contributed by atoms with Gasteiger partial charge in [-0.1, -0.05) is 51.0 Å². The number of aliphatic hydroxyl groups is 1. The van der Waals surface area contributed by atoms with Gasteiger partial charge in [-0.15, -0.1) is 0 Å². The van der Waals surface area contributed by atoms with Gasteiger partial charge in [0.2, 0.25) is 0 Å². The maximum absolute atomic E-state index is 14.1. The summed E-state index contributed by atoms with van der Waals surface area (Å²) in [6, 6.07) is 0. The number of halogens is 2. The Hall–Kier alpha value is -0.960. The molecule has 3 saturated carbocycles. The van der Waals surface area contributed by atoms with Gasteiger partial charge in [0.25, 0.3) is 0 Å². The van der Waals surface area contributed by atoms with Gasteiger partial charge in [0, 0.05) is 6.42 Å². The van der Waals surface area contributed by atoms with Crippen LogP contribution in [0.5, 0.6) is 0 Å². The third-order valence-corrected chi connectivity index (χ3v) is 8.38. The lowest BCUT2D eigenvalue weighted by molar-refractivity contribution is 0.0903. The van der Waals surface area contributed by atoms with Gasteiger partial charge in [0.05, 0.1) is 6.10 Å². The fraction of sp³-hybridized carbons (Fsp3) is 0.778. The highest BCUT2D eigenvalue weighted by molar-refractivity contribution is 5.38. The Kier molecular flexibility index (Phi) is 7.32. The van der Waals surface area contributed by atoms with Crippen LogP contribution in [0.3, 0.4) is 0 Å². The van der Waals surface area contributed by atoms with E-state index in [0.29, 0.717) is 41.6 Å². The molecule has 0 radical (unpaired) electrons. The maximum atomic E-state index is 14.1. The lowest BCUT2D eigenvalue weighted by Gasteiger charge is -2.44. The first-order valence-corrected chi connectivity index (χ1v) is 12.1. The highest BCUT2D eigenvalue weighted by Crippen LogP contribution is 2.60. The number of hydrogen-bond donors (Lipinski definition) is 1. The predicted octanol–water partition coefficient (Wildman–Crippen LogP) is 7.66. The SMILES string of the molecule is C=C1/C(=C\C=C2\CCC[C@]3(C)[C@@H]([C@H](C)CCCC(C)(C)F)CC[C@@H]23)C[C@H](O)C[C@H]1F. The lowest BCUT2D eigenvalue weighted by atomic mass is 9.60. The van der Waals surface area contributed by atoms with Crippen LogP contribution in [0.15, 0.2) is 35.5 Å². The van der Waals surface area contributed by atoms with Crippen LogP contribution in [0.4, 0.5) is 8.78 Å². The van der Waals surface area contributed by atoms with Crippen molar-refractivity contribution in [3.63, 3.8) is 0 Å². The molecule has 30 heavy (non-hydrogen) atoms. The van der Waals surface area contributed by atoms with E-state index < -0.39 is 17.9 Å². The molecule has 0 bridgehead atoms. The molecule has 1 nitrogen and oxygen atoms in total. The molecular weight excluding hydrogens is 378 g/mol. The number of hydrogen-bond acceptors (Lipinski definition) is 1. The number of allylic oxidation sites excluding steroid dienone is 4. The van der Waals surface area contributed by atoms with Crippen LogP contribution in [0, 0.1) is 23.2 Å². The van der Waals surface area contributed by atoms with Crippen molar-refractivity contribution in [3.8, 4) is 0 Å². The molecule has 0 aromatic rings. The second kappa shape index (κ2) is 9.27. The number of rotatable bonds is 6. The summed E-state index contributed by atoms with van der Waals surface area (Å²) in [5, 5.41) is 9.95. The van der Waals surface area contributed by atoms with Crippen molar-refractivity contribution in [2.45, 2.75) is 110 Å². The summed E-state index contributed by atoms with van der Waals surface area (Å²) < 4.78 is 28.0. The van der Waals surface area contributed by atoms with E-state index in [-0.39, 0.29) is 6.42 Å². The minimum atomic E-state index is -1.12. The molecular formula is C27H42F2O. The first kappa shape index (κ1) is 23.7. The lowest BCUT2D eigenvalue weighted by Crippen LogP contribution is -2.36. The van der Waals surface area contributed by atoms with Crippen LogP contribution in [0.1, 0.15) is 91.9 Å². The summed E-state index contributed by atoms with van der Waals surface area (Å²) in [6.45, 7) is 12.1. The molecule has 0 aliphatic heterocycles. The molecule has 3 fully saturated rings. The van der Waals surface area contributed by atoms with Gasteiger partial charge in [-0.05, 0) is 93.1 Å². The zero-order valence-corrected chi connectivity index (χ0v) is 19.5. The van der Waals surface area contributed by atoms with E-state index in [2.05, 4.69) is 26.5 Å². The molecule has 0 unspecified atom stereocenters. The molecule has 1 N–H and O–H groups in total. The van der Waals surface area contributed by atoms with Crippen molar-refractivity contribution in [1.82, 2.24) is 0 Å². The molecule has 0 aromatic heterocycles. The van der Waals surface area contributed by atoms with Crippen LogP contribution in [0.2, 0.25) is 0 Å². The monoisotopic (exact) mass is 420 g/mol. The van der Waals surface area contributed by atoms with Gasteiger partial charge in [-0.2, -0.15) is 0 Å². The maximum Gasteiger partial charge on any atom is 0.127 e. The van der Waals surface area contributed by atoms with Gasteiger partial charge < -0.3 is 5.11 Å². The van der Waals surface area contributed by atoms with Crippen LogP contribution < -0.4 is 0 Å². The molecule has 0 spiro atoms. The van der Waals surface area contributed by atoms with Crippen LogP contribution in [-0.2, 0) is 0 Å². The molecule has 0 amide bonds. The van der Waals surface area contributed by atoms with E-state index in [4.69, 9.17) is 0 Å². The molecule has 0 heterocycles. The molecule has 6 atom stereocenters. The Morgan fingerprint density at radius 1 is 1.30 bits per heavy atom. The third kappa shape index (κ3) is 5.26. The van der Waals surface area contributed by atoms with E-state index in [0.717, 1.165) is 24.8 Å². The first-order valence-electron chi connectivity index (χ1n) is 12.1. The van der Waals surface area contributed by atoms with Crippen molar-refractivity contribution in [2.24, 2.45) is 23.2 Å². The smallest absolute Gasteiger partial charge is 0.127 e. The first-order chi connectivity index (χ1) is 14.0. The van der Waals surface area contributed by atoms with Gasteiger partial charge in [-0.3, -0.25) is 0 Å². The summed E-state index contributed by atoms with van der Waals surface area (Å²) in [6.07, 6.45) is 12.0. The van der Waals surface area contributed by atoms with E-state index in [1.54, 1.807) is 13.8 Å². The van der Waals surface area contributed by atoms with Crippen molar-refractivity contribution in [3.05, 3.63) is 35.5 Å². The van der Waals surface area contributed by atoms with E-state index in [1.807, 2.05) is 6.08 Å². The zero-order chi connectivity index (χ0) is 22.1. The van der Waals surface area contributed by atoms with Crippen LogP contribution >= 0.6 is 0 Å². The second-order valence-electron chi connectivity index (χ2n) is 11.2. The summed E-state index contributed by atoms with van der Waals surface area (Å²) in [4.78, 5) is 0. The molecule has 3 aliphatic carbocycles. The van der Waals surface area contributed by atoms with E-state index in [1.165, 1.54) is 31.3 Å². The Morgan fingerprint density at radius 2 is 2.03 bits per heavy atom. The molecule has 3 aliphatic rings. The van der Waals surface area contributed by atoms with E-state index >= 15 is 0 Å². The van der Waals surface area contributed by atoms with Crippen molar-refractivity contribution in [2.75, 3.05) is 0 Å². The molecule has 170 valence electrons. The van der Waals surface area contributed by atoms with Crippen molar-refractivity contribution >= 4 is 0 Å². The third-order valence-electron chi connectivity index (χ3n) is 8.38. The Bertz CT molecular complexity index is 685. The Labute approximate surface area is 182 Å². The Balaban J connectivity index is 1.70. The van der Waals surface area contributed by atoms with Gasteiger partial charge in [-0.25, -0.2) is 8.78 Å². The topological polar surface area (TPSA) is 20.2 Å². The summed E-state index contributed by atoms with van der Waals surface area (Å²) in [5.74, 6) is 1.92. The normalized spacial score (nSPS) is 38.8. The number of fused-ring (bicyclic) bond motifs is 1. The standard InChI is InChI=1S/C27H42F2O/c1-18(8-6-14-26(3,4)29)23-12-13-24-20(9-7-15-27(23,24)5)10-11-21-16-22(30)17-25(28)19(21)2/h10-11,18,22-25,30H,2,6-9,12-17H2,1,3-5H3/b20-10-,21-11-/t18-,22+,23-,24+,25-,27-/m1/s1.